The molecule has 0 saturated heterocycles. The molecule has 1 N–H and O–H groups in total. The van der Waals surface area contributed by atoms with Crippen molar-refractivity contribution in [2.75, 3.05) is 5.32 Å². The van der Waals surface area contributed by atoms with Gasteiger partial charge in [-0.2, -0.15) is 0 Å². The van der Waals surface area contributed by atoms with Crippen molar-refractivity contribution in [3.63, 3.8) is 0 Å². The molecule has 2 rings (SSSR count). The van der Waals surface area contributed by atoms with Crippen LogP contribution in [0, 0.1) is 15.9 Å². The highest BCUT2D eigenvalue weighted by Gasteiger charge is 2.22. The number of nitrogens with one attached hydrogen (secondary N) is 1. The van der Waals surface area contributed by atoms with E-state index in [0.717, 1.165) is 18.2 Å². The van der Waals surface area contributed by atoms with E-state index in [1.165, 1.54) is 18.2 Å². The first-order valence-electron chi connectivity index (χ1n) is 5.59. The SMILES string of the molecule is O=C(Nc1c(F)cccc1Br)c1cc(Cl)ccc1[N+](=O)[O-]. The summed E-state index contributed by atoms with van der Waals surface area (Å²) in [5.41, 5.74) is -0.760. The van der Waals surface area contributed by atoms with E-state index in [0.29, 0.717) is 4.47 Å². The summed E-state index contributed by atoms with van der Waals surface area (Å²) in [4.78, 5) is 22.4. The summed E-state index contributed by atoms with van der Waals surface area (Å²) in [6, 6.07) is 7.72. The van der Waals surface area contributed by atoms with E-state index in [1.54, 1.807) is 0 Å². The zero-order chi connectivity index (χ0) is 15.6. The first-order chi connectivity index (χ1) is 9.90. The summed E-state index contributed by atoms with van der Waals surface area (Å²) in [6.07, 6.45) is 0. The molecule has 0 bridgehead atoms. The third-order valence-corrected chi connectivity index (χ3v) is 3.50. The molecule has 0 fully saturated rings. The lowest BCUT2D eigenvalue weighted by Gasteiger charge is -2.09. The average molecular weight is 374 g/mol. The molecule has 0 aromatic heterocycles. The number of nitro benzene ring substituents is 1. The number of para-hydroxylation sites is 1. The van der Waals surface area contributed by atoms with Crippen molar-refractivity contribution < 1.29 is 14.1 Å². The number of benzene rings is 2. The highest BCUT2D eigenvalue weighted by molar-refractivity contribution is 9.10. The summed E-state index contributed by atoms with van der Waals surface area (Å²) in [6.45, 7) is 0. The molecular weight excluding hydrogens is 367 g/mol. The Morgan fingerprint density at radius 3 is 2.67 bits per heavy atom. The number of rotatable bonds is 3. The molecule has 0 aliphatic heterocycles. The zero-order valence-electron chi connectivity index (χ0n) is 10.3. The minimum absolute atomic E-state index is 0.100. The molecule has 0 radical (unpaired) electrons. The molecule has 0 aliphatic carbocycles. The van der Waals surface area contributed by atoms with Crippen molar-refractivity contribution in [3.05, 3.63) is 67.4 Å². The van der Waals surface area contributed by atoms with Crippen LogP contribution in [0.5, 0.6) is 0 Å². The minimum atomic E-state index is -0.824. The number of halogens is 3. The highest BCUT2D eigenvalue weighted by Crippen LogP contribution is 2.28. The van der Waals surface area contributed by atoms with Gasteiger partial charge in [-0.15, -0.1) is 0 Å². The van der Waals surface area contributed by atoms with E-state index in [1.807, 2.05) is 0 Å². The van der Waals surface area contributed by atoms with Gasteiger partial charge in [0.15, 0.2) is 0 Å². The van der Waals surface area contributed by atoms with Gasteiger partial charge in [0.05, 0.1) is 10.6 Å². The van der Waals surface area contributed by atoms with Crippen molar-refractivity contribution in [1.82, 2.24) is 0 Å². The van der Waals surface area contributed by atoms with E-state index in [4.69, 9.17) is 11.6 Å². The monoisotopic (exact) mass is 372 g/mol. The number of carbonyl (C=O) groups is 1. The van der Waals surface area contributed by atoms with E-state index in [-0.39, 0.29) is 16.3 Å². The molecule has 0 atom stereocenters. The molecular formula is C13H7BrClFN2O3. The fraction of sp³-hybridized carbons (Fsp3) is 0. The minimum Gasteiger partial charge on any atom is -0.318 e. The summed E-state index contributed by atoms with van der Waals surface area (Å²) >= 11 is 8.84. The number of hydrogen-bond acceptors (Lipinski definition) is 3. The van der Waals surface area contributed by atoms with E-state index < -0.39 is 22.3 Å². The fourth-order valence-corrected chi connectivity index (χ4v) is 2.26. The lowest BCUT2D eigenvalue weighted by molar-refractivity contribution is -0.385. The van der Waals surface area contributed by atoms with Crippen LogP contribution in [0.3, 0.4) is 0 Å². The molecule has 0 saturated carbocycles. The first kappa shape index (κ1) is 15.4. The maximum absolute atomic E-state index is 13.7. The molecule has 2 aromatic carbocycles. The van der Waals surface area contributed by atoms with Gasteiger partial charge in [-0.25, -0.2) is 4.39 Å². The lowest BCUT2D eigenvalue weighted by Crippen LogP contribution is -2.15. The van der Waals surface area contributed by atoms with Crippen LogP contribution in [0.2, 0.25) is 5.02 Å². The maximum Gasteiger partial charge on any atom is 0.282 e. The highest BCUT2D eigenvalue weighted by atomic mass is 79.9. The molecule has 1 amide bonds. The zero-order valence-corrected chi connectivity index (χ0v) is 12.6. The van der Waals surface area contributed by atoms with Gasteiger partial charge in [-0.1, -0.05) is 17.7 Å². The van der Waals surface area contributed by atoms with Crippen molar-refractivity contribution in [1.29, 1.82) is 0 Å². The van der Waals surface area contributed by atoms with Gasteiger partial charge < -0.3 is 5.32 Å². The summed E-state index contributed by atoms with van der Waals surface area (Å²) in [5.74, 6) is -1.49. The Bertz CT molecular complexity index is 719. The molecule has 0 unspecified atom stereocenters. The quantitative estimate of drug-likeness (QED) is 0.640. The number of amides is 1. The van der Waals surface area contributed by atoms with Crippen LogP contribution in [0.4, 0.5) is 15.8 Å². The largest absolute Gasteiger partial charge is 0.318 e. The summed E-state index contributed by atoms with van der Waals surface area (Å²) in [7, 11) is 0. The Kier molecular flexibility index (Phi) is 4.54. The second kappa shape index (κ2) is 6.19. The van der Waals surface area contributed by atoms with Crippen LogP contribution < -0.4 is 5.32 Å². The van der Waals surface area contributed by atoms with Gasteiger partial charge in [-0.3, -0.25) is 14.9 Å². The van der Waals surface area contributed by atoms with Crippen LogP contribution >= 0.6 is 27.5 Å². The number of carbonyl (C=O) groups excluding carboxylic acids is 1. The normalized spacial score (nSPS) is 10.2. The molecule has 5 nitrogen and oxygen atoms in total. The molecule has 21 heavy (non-hydrogen) atoms. The molecule has 108 valence electrons. The van der Waals surface area contributed by atoms with Crippen LogP contribution in [0.25, 0.3) is 0 Å². The Balaban J connectivity index is 2.41. The Hall–Kier alpha value is -1.99. The second-order valence-corrected chi connectivity index (χ2v) is 5.26. The third-order valence-electron chi connectivity index (χ3n) is 2.60. The molecule has 2 aromatic rings. The Labute approximate surface area is 132 Å². The van der Waals surface area contributed by atoms with Gasteiger partial charge in [0.1, 0.15) is 11.4 Å². The van der Waals surface area contributed by atoms with Crippen LogP contribution in [0.15, 0.2) is 40.9 Å². The topological polar surface area (TPSA) is 72.2 Å². The molecule has 0 aliphatic rings. The molecule has 0 heterocycles. The van der Waals surface area contributed by atoms with Crippen LogP contribution in [-0.4, -0.2) is 10.8 Å². The number of anilines is 1. The van der Waals surface area contributed by atoms with Crippen LogP contribution in [-0.2, 0) is 0 Å². The van der Waals surface area contributed by atoms with E-state index in [2.05, 4.69) is 21.2 Å². The number of hydrogen-bond donors (Lipinski definition) is 1. The molecule has 8 heteroatoms. The van der Waals surface area contributed by atoms with Gasteiger partial charge >= 0.3 is 0 Å². The van der Waals surface area contributed by atoms with E-state index in [9.17, 15) is 19.3 Å². The fourth-order valence-electron chi connectivity index (χ4n) is 1.65. The standard InChI is InChI=1S/C13H7BrClFN2O3/c14-9-2-1-3-10(16)12(9)17-13(19)8-6-7(15)4-5-11(8)18(20)21/h1-6H,(H,17,19). The van der Waals surface area contributed by atoms with E-state index >= 15 is 0 Å². The summed E-state index contributed by atoms with van der Waals surface area (Å²) < 4.78 is 14.0. The third kappa shape index (κ3) is 3.37. The number of nitrogens with zero attached hydrogens (tertiary/aromatic N) is 1. The van der Waals surface area contributed by atoms with Crippen molar-refractivity contribution in [2.45, 2.75) is 0 Å². The summed E-state index contributed by atoms with van der Waals surface area (Å²) in [5, 5.41) is 13.4. The average Bonchev–Trinajstić information content (AvgIpc) is 2.42. The smallest absolute Gasteiger partial charge is 0.282 e. The van der Waals surface area contributed by atoms with Gasteiger partial charge in [0.25, 0.3) is 11.6 Å². The number of nitro groups is 1. The van der Waals surface area contributed by atoms with Gasteiger partial charge in [0.2, 0.25) is 0 Å². The lowest BCUT2D eigenvalue weighted by atomic mass is 10.1. The maximum atomic E-state index is 13.7. The van der Waals surface area contributed by atoms with Crippen molar-refractivity contribution >= 4 is 44.8 Å². The molecule has 0 spiro atoms. The van der Waals surface area contributed by atoms with Gasteiger partial charge in [0, 0.05) is 15.6 Å². The second-order valence-electron chi connectivity index (χ2n) is 3.97. The first-order valence-corrected chi connectivity index (χ1v) is 6.76. The predicted molar refractivity (Wildman–Crippen MR) is 80.2 cm³/mol. The van der Waals surface area contributed by atoms with Crippen molar-refractivity contribution in [2.24, 2.45) is 0 Å². The van der Waals surface area contributed by atoms with Crippen molar-refractivity contribution in [3.8, 4) is 0 Å². The van der Waals surface area contributed by atoms with Crippen LogP contribution in [0.1, 0.15) is 10.4 Å². The Morgan fingerprint density at radius 1 is 1.33 bits per heavy atom. The Morgan fingerprint density at radius 2 is 2.05 bits per heavy atom. The van der Waals surface area contributed by atoms with Gasteiger partial charge in [-0.05, 0) is 40.2 Å². The predicted octanol–water partition coefficient (Wildman–Crippen LogP) is 4.40.